The molecule has 1 aliphatic carbocycles. The summed E-state index contributed by atoms with van der Waals surface area (Å²) >= 11 is 6.13. The molecule has 0 radical (unpaired) electrons. The van der Waals surface area contributed by atoms with Crippen molar-refractivity contribution >= 4 is 11.6 Å². The average Bonchev–Trinajstić information content (AvgIpc) is 2.25. The van der Waals surface area contributed by atoms with Gasteiger partial charge in [-0.2, -0.15) is 0 Å². The molecular weight excluding hydrogens is 206 g/mol. The molecule has 15 heavy (non-hydrogen) atoms. The fraction of sp³-hybridized carbons (Fsp3) is 1.00. The van der Waals surface area contributed by atoms with Gasteiger partial charge in [0.05, 0.1) is 0 Å². The number of halogens is 1. The van der Waals surface area contributed by atoms with Gasteiger partial charge in [0.2, 0.25) is 0 Å². The van der Waals surface area contributed by atoms with Gasteiger partial charge in [-0.25, -0.2) is 0 Å². The van der Waals surface area contributed by atoms with Gasteiger partial charge in [0.1, 0.15) is 0 Å². The maximum Gasteiger partial charge on any atom is 0.0336 e. The molecule has 2 fully saturated rings. The molecule has 0 N–H and O–H groups in total. The van der Waals surface area contributed by atoms with Crippen LogP contribution in [0.5, 0.6) is 0 Å². The van der Waals surface area contributed by atoms with Gasteiger partial charge in [-0.05, 0) is 63.5 Å². The zero-order valence-corrected chi connectivity index (χ0v) is 10.7. The van der Waals surface area contributed by atoms with Crippen LogP contribution in [0.4, 0.5) is 0 Å². The molecule has 0 spiro atoms. The number of rotatable bonds is 2. The van der Waals surface area contributed by atoms with Gasteiger partial charge in [-0.3, -0.25) is 0 Å². The van der Waals surface area contributed by atoms with Crippen molar-refractivity contribution < 1.29 is 0 Å². The Morgan fingerprint density at radius 1 is 1.00 bits per heavy atom. The van der Waals surface area contributed by atoms with Crippen LogP contribution in [0.1, 0.15) is 45.4 Å². The summed E-state index contributed by atoms with van der Waals surface area (Å²) in [5, 5.41) is 0.475. The summed E-state index contributed by atoms with van der Waals surface area (Å²) in [5.74, 6) is 1.90. The lowest BCUT2D eigenvalue weighted by Gasteiger charge is -2.35. The molecule has 2 heteroatoms. The van der Waals surface area contributed by atoms with Crippen LogP contribution in [0.2, 0.25) is 0 Å². The zero-order valence-electron chi connectivity index (χ0n) is 9.92. The Kier molecular flexibility index (Phi) is 4.33. The summed E-state index contributed by atoms with van der Waals surface area (Å²) in [6.45, 7) is 6.40. The number of likely N-dealkylation sites (tertiary alicyclic amines) is 1. The molecule has 0 aromatic heterocycles. The number of hydrogen-bond acceptors (Lipinski definition) is 1. The third-order valence-corrected chi connectivity index (χ3v) is 4.61. The first-order valence-corrected chi connectivity index (χ1v) is 7.04. The molecule has 0 atom stereocenters. The molecule has 2 rings (SSSR count). The van der Waals surface area contributed by atoms with Crippen LogP contribution in [-0.2, 0) is 0 Å². The van der Waals surface area contributed by atoms with Gasteiger partial charge in [0.15, 0.2) is 0 Å². The highest BCUT2D eigenvalue weighted by Crippen LogP contribution is 2.29. The van der Waals surface area contributed by atoms with Crippen LogP contribution in [0.25, 0.3) is 0 Å². The molecular formula is C13H24ClN. The van der Waals surface area contributed by atoms with Crippen LogP contribution < -0.4 is 0 Å². The van der Waals surface area contributed by atoms with Crippen LogP contribution in [0.3, 0.4) is 0 Å². The second kappa shape index (κ2) is 5.54. The summed E-state index contributed by atoms with van der Waals surface area (Å²) in [4.78, 5) is 2.68. The minimum Gasteiger partial charge on any atom is -0.303 e. The monoisotopic (exact) mass is 229 g/mol. The van der Waals surface area contributed by atoms with Crippen molar-refractivity contribution in [3.63, 3.8) is 0 Å². The van der Waals surface area contributed by atoms with Crippen LogP contribution >= 0.6 is 11.6 Å². The lowest BCUT2D eigenvalue weighted by Crippen LogP contribution is -2.37. The van der Waals surface area contributed by atoms with E-state index < -0.39 is 0 Å². The molecule has 1 heterocycles. The molecule has 1 aliphatic heterocycles. The Labute approximate surface area is 99.2 Å². The first-order chi connectivity index (χ1) is 7.24. The quantitative estimate of drug-likeness (QED) is 0.655. The topological polar surface area (TPSA) is 3.24 Å². The fourth-order valence-electron chi connectivity index (χ4n) is 2.91. The first kappa shape index (κ1) is 11.7. The van der Waals surface area contributed by atoms with E-state index in [-0.39, 0.29) is 0 Å². The molecule has 0 amide bonds. The molecule has 1 saturated heterocycles. The standard InChI is InChI=1S/C13H24ClN/c1-11-6-8-15(9-7-11)10-12-2-4-13(14)5-3-12/h11-13H,2-10H2,1H3. The minimum atomic E-state index is 0.475. The molecule has 1 nitrogen and oxygen atoms in total. The first-order valence-electron chi connectivity index (χ1n) is 6.60. The number of alkyl halides is 1. The van der Waals surface area contributed by atoms with E-state index in [0.29, 0.717) is 5.38 Å². The van der Waals surface area contributed by atoms with E-state index >= 15 is 0 Å². The Balaban J connectivity index is 1.68. The molecule has 2 aliphatic rings. The Morgan fingerprint density at radius 2 is 1.60 bits per heavy atom. The van der Waals surface area contributed by atoms with E-state index in [1.807, 2.05) is 0 Å². The highest BCUT2D eigenvalue weighted by atomic mass is 35.5. The van der Waals surface area contributed by atoms with Gasteiger partial charge >= 0.3 is 0 Å². The molecule has 0 aromatic carbocycles. The third kappa shape index (κ3) is 3.64. The van der Waals surface area contributed by atoms with Gasteiger partial charge < -0.3 is 4.90 Å². The van der Waals surface area contributed by atoms with Gasteiger partial charge in [0, 0.05) is 11.9 Å². The average molecular weight is 230 g/mol. The molecule has 0 aromatic rings. The number of nitrogens with zero attached hydrogens (tertiary/aromatic N) is 1. The summed E-state index contributed by atoms with van der Waals surface area (Å²) in [6.07, 6.45) is 8.03. The van der Waals surface area contributed by atoms with Crippen molar-refractivity contribution in [2.45, 2.75) is 50.8 Å². The van der Waals surface area contributed by atoms with E-state index in [1.54, 1.807) is 0 Å². The summed E-state index contributed by atoms with van der Waals surface area (Å²) in [6, 6.07) is 0. The van der Waals surface area contributed by atoms with Crippen molar-refractivity contribution in [1.82, 2.24) is 4.90 Å². The highest BCUT2D eigenvalue weighted by molar-refractivity contribution is 6.20. The zero-order chi connectivity index (χ0) is 10.7. The van der Waals surface area contributed by atoms with E-state index in [4.69, 9.17) is 11.6 Å². The molecule has 0 unspecified atom stereocenters. The Hall–Kier alpha value is 0.250. The molecule has 0 bridgehead atoms. The predicted octanol–water partition coefficient (Wildman–Crippen LogP) is 3.52. The van der Waals surface area contributed by atoms with Gasteiger partial charge in [0.25, 0.3) is 0 Å². The summed E-state index contributed by atoms with van der Waals surface area (Å²) in [7, 11) is 0. The second-order valence-electron chi connectivity index (χ2n) is 5.60. The number of piperidine rings is 1. The Morgan fingerprint density at radius 3 is 2.20 bits per heavy atom. The van der Waals surface area contributed by atoms with Crippen molar-refractivity contribution in [2.75, 3.05) is 19.6 Å². The van der Waals surface area contributed by atoms with E-state index in [0.717, 1.165) is 11.8 Å². The van der Waals surface area contributed by atoms with Crippen LogP contribution in [0, 0.1) is 11.8 Å². The van der Waals surface area contributed by atoms with Crippen molar-refractivity contribution in [2.24, 2.45) is 11.8 Å². The van der Waals surface area contributed by atoms with E-state index in [2.05, 4.69) is 11.8 Å². The SMILES string of the molecule is CC1CCN(CC2CCC(Cl)CC2)CC1. The third-order valence-electron chi connectivity index (χ3n) is 4.17. The molecule has 1 saturated carbocycles. The van der Waals surface area contributed by atoms with Crippen LogP contribution in [-0.4, -0.2) is 29.9 Å². The smallest absolute Gasteiger partial charge is 0.0336 e. The lowest BCUT2D eigenvalue weighted by atomic mass is 9.88. The maximum absolute atomic E-state index is 6.13. The fourth-order valence-corrected chi connectivity index (χ4v) is 3.17. The van der Waals surface area contributed by atoms with Gasteiger partial charge in [-0.15, -0.1) is 11.6 Å². The second-order valence-corrected chi connectivity index (χ2v) is 6.22. The van der Waals surface area contributed by atoms with Crippen LogP contribution in [0.15, 0.2) is 0 Å². The summed E-state index contributed by atoms with van der Waals surface area (Å²) < 4.78 is 0. The normalized spacial score (nSPS) is 35.6. The van der Waals surface area contributed by atoms with Crippen molar-refractivity contribution in [1.29, 1.82) is 0 Å². The summed E-state index contributed by atoms with van der Waals surface area (Å²) in [5.41, 5.74) is 0. The van der Waals surface area contributed by atoms with Gasteiger partial charge in [-0.1, -0.05) is 6.92 Å². The highest BCUT2D eigenvalue weighted by Gasteiger charge is 2.23. The van der Waals surface area contributed by atoms with E-state index in [1.165, 1.54) is 58.2 Å². The minimum absolute atomic E-state index is 0.475. The predicted molar refractivity (Wildman–Crippen MR) is 66.4 cm³/mol. The Bertz CT molecular complexity index is 159. The van der Waals surface area contributed by atoms with Crippen molar-refractivity contribution in [3.05, 3.63) is 0 Å². The van der Waals surface area contributed by atoms with E-state index in [9.17, 15) is 0 Å². The maximum atomic E-state index is 6.13. The molecule has 88 valence electrons. The number of hydrogen-bond donors (Lipinski definition) is 0. The lowest BCUT2D eigenvalue weighted by molar-refractivity contribution is 0.151. The largest absolute Gasteiger partial charge is 0.303 e. The van der Waals surface area contributed by atoms with Crippen molar-refractivity contribution in [3.8, 4) is 0 Å².